The second-order valence-electron chi connectivity index (χ2n) is 4.71. The number of nitriles is 1. The van der Waals surface area contributed by atoms with Gasteiger partial charge in [-0.25, -0.2) is 0 Å². The molecule has 0 bridgehead atoms. The summed E-state index contributed by atoms with van der Waals surface area (Å²) in [5, 5.41) is 12.2. The molecule has 0 unspecified atom stereocenters. The standard InChI is InChI=1S/C16H15BrN2/c1-11(2)12-4-3-5-14(8-12)19-15-7-6-13(10-18)16(17)9-15/h3-9,11,19H,1-2H3. The van der Waals surface area contributed by atoms with Gasteiger partial charge in [0.05, 0.1) is 5.56 Å². The largest absolute Gasteiger partial charge is 0.355 e. The monoisotopic (exact) mass is 314 g/mol. The number of nitrogens with zero attached hydrogens (tertiary/aromatic N) is 1. The quantitative estimate of drug-likeness (QED) is 0.846. The molecule has 0 fully saturated rings. The highest BCUT2D eigenvalue weighted by molar-refractivity contribution is 9.10. The second-order valence-corrected chi connectivity index (χ2v) is 5.57. The molecule has 2 rings (SSSR count). The molecule has 0 aliphatic rings. The fourth-order valence-electron chi connectivity index (χ4n) is 1.83. The molecule has 2 nitrogen and oxygen atoms in total. The molecule has 0 aliphatic carbocycles. The fraction of sp³-hybridized carbons (Fsp3) is 0.188. The first-order valence-electron chi connectivity index (χ1n) is 6.17. The van der Waals surface area contributed by atoms with Crippen LogP contribution in [0.5, 0.6) is 0 Å². The molecule has 3 heteroatoms. The predicted molar refractivity (Wildman–Crippen MR) is 82.7 cm³/mol. The smallest absolute Gasteiger partial charge is 0.100 e. The molecule has 1 N–H and O–H groups in total. The molecular weight excluding hydrogens is 300 g/mol. The summed E-state index contributed by atoms with van der Waals surface area (Å²) in [4.78, 5) is 0. The molecule has 0 saturated carbocycles. The number of hydrogen-bond donors (Lipinski definition) is 1. The van der Waals surface area contributed by atoms with Gasteiger partial charge < -0.3 is 5.32 Å². The molecule has 96 valence electrons. The average molecular weight is 315 g/mol. The van der Waals surface area contributed by atoms with Crippen LogP contribution < -0.4 is 5.32 Å². The third kappa shape index (κ3) is 3.36. The number of hydrogen-bond acceptors (Lipinski definition) is 2. The summed E-state index contributed by atoms with van der Waals surface area (Å²) in [6.07, 6.45) is 0. The SMILES string of the molecule is CC(C)c1cccc(Nc2ccc(C#N)c(Br)c2)c1. The number of rotatable bonds is 3. The van der Waals surface area contributed by atoms with Gasteiger partial charge in [-0.15, -0.1) is 0 Å². The van der Waals surface area contributed by atoms with Gasteiger partial charge in [0.25, 0.3) is 0 Å². The van der Waals surface area contributed by atoms with Crippen molar-refractivity contribution in [2.45, 2.75) is 19.8 Å². The van der Waals surface area contributed by atoms with Crippen molar-refractivity contribution in [3.8, 4) is 6.07 Å². The summed E-state index contributed by atoms with van der Waals surface area (Å²) in [6, 6.07) is 16.1. The Labute approximate surface area is 122 Å². The lowest BCUT2D eigenvalue weighted by Gasteiger charge is -2.11. The molecule has 19 heavy (non-hydrogen) atoms. The van der Waals surface area contributed by atoms with Gasteiger partial charge in [-0.05, 0) is 57.7 Å². The van der Waals surface area contributed by atoms with Crippen molar-refractivity contribution in [2.75, 3.05) is 5.32 Å². The summed E-state index contributed by atoms with van der Waals surface area (Å²) < 4.78 is 0.806. The first-order valence-corrected chi connectivity index (χ1v) is 6.96. The van der Waals surface area contributed by atoms with E-state index < -0.39 is 0 Å². The molecule has 0 spiro atoms. The van der Waals surface area contributed by atoms with Gasteiger partial charge in [0.15, 0.2) is 0 Å². The van der Waals surface area contributed by atoms with Gasteiger partial charge in [0.2, 0.25) is 0 Å². The summed E-state index contributed by atoms with van der Waals surface area (Å²) in [5.74, 6) is 0.509. The Balaban J connectivity index is 2.24. The Kier molecular flexibility index (Phi) is 4.24. The van der Waals surface area contributed by atoms with Gasteiger partial charge in [-0.1, -0.05) is 26.0 Å². The lowest BCUT2D eigenvalue weighted by Crippen LogP contribution is -1.93. The van der Waals surface area contributed by atoms with Gasteiger partial charge in [0.1, 0.15) is 6.07 Å². The van der Waals surface area contributed by atoms with E-state index in [2.05, 4.69) is 59.4 Å². The summed E-state index contributed by atoms with van der Waals surface area (Å²) in [6.45, 7) is 4.36. The maximum absolute atomic E-state index is 8.90. The summed E-state index contributed by atoms with van der Waals surface area (Å²) in [7, 11) is 0. The lowest BCUT2D eigenvalue weighted by molar-refractivity contribution is 0.867. The maximum atomic E-state index is 8.90. The topological polar surface area (TPSA) is 35.8 Å². The Hall–Kier alpha value is -1.79. The van der Waals surface area contributed by atoms with E-state index in [1.807, 2.05) is 18.2 Å². The number of halogens is 1. The van der Waals surface area contributed by atoms with Crippen LogP contribution in [0.25, 0.3) is 0 Å². The summed E-state index contributed by atoms with van der Waals surface area (Å²) in [5.41, 5.74) is 3.97. The first-order chi connectivity index (χ1) is 9.10. The van der Waals surface area contributed by atoms with Crippen molar-refractivity contribution in [1.29, 1.82) is 5.26 Å². The van der Waals surface area contributed by atoms with Crippen molar-refractivity contribution in [1.82, 2.24) is 0 Å². The van der Waals surface area contributed by atoms with Crippen LogP contribution in [-0.4, -0.2) is 0 Å². The van der Waals surface area contributed by atoms with E-state index in [0.717, 1.165) is 15.8 Å². The number of anilines is 2. The van der Waals surface area contributed by atoms with Crippen LogP contribution in [0.15, 0.2) is 46.9 Å². The van der Waals surface area contributed by atoms with E-state index in [4.69, 9.17) is 5.26 Å². The predicted octanol–water partition coefficient (Wildman–Crippen LogP) is 5.19. The van der Waals surface area contributed by atoms with Crippen LogP contribution >= 0.6 is 15.9 Å². The van der Waals surface area contributed by atoms with Crippen LogP contribution in [0, 0.1) is 11.3 Å². The molecular formula is C16H15BrN2. The maximum Gasteiger partial charge on any atom is 0.100 e. The zero-order valence-electron chi connectivity index (χ0n) is 10.9. The van der Waals surface area contributed by atoms with Gasteiger partial charge >= 0.3 is 0 Å². The Bertz CT molecular complexity index is 627. The van der Waals surface area contributed by atoms with E-state index in [9.17, 15) is 0 Å². The van der Waals surface area contributed by atoms with E-state index in [1.54, 1.807) is 6.07 Å². The van der Waals surface area contributed by atoms with E-state index in [1.165, 1.54) is 5.56 Å². The van der Waals surface area contributed by atoms with Crippen LogP contribution in [0.2, 0.25) is 0 Å². The van der Waals surface area contributed by atoms with Crippen molar-refractivity contribution in [2.24, 2.45) is 0 Å². The van der Waals surface area contributed by atoms with E-state index in [0.29, 0.717) is 11.5 Å². The minimum atomic E-state index is 0.509. The number of nitrogens with one attached hydrogen (secondary N) is 1. The zero-order valence-corrected chi connectivity index (χ0v) is 12.5. The lowest BCUT2D eigenvalue weighted by atomic mass is 10.0. The zero-order chi connectivity index (χ0) is 13.8. The Morgan fingerprint density at radius 1 is 1.11 bits per heavy atom. The van der Waals surface area contributed by atoms with Crippen molar-refractivity contribution < 1.29 is 0 Å². The molecule has 0 heterocycles. The average Bonchev–Trinajstić information content (AvgIpc) is 2.39. The van der Waals surface area contributed by atoms with Crippen molar-refractivity contribution in [3.05, 3.63) is 58.1 Å². The molecule has 0 radical (unpaired) electrons. The fourth-order valence-corrected chi connectivity index (χ4v) is 2.29. The normalized spacial score (nSPS) is 10.3. The van der Waals surface area contributed by atoms with E-state index in [-0.39, 0.29) is 0 Å². The van der Waals surface area contributed by atoms with Crippen LogP contribution in [-0.2, 0) is 0 Å². The number of benzene rings is 2. The van der Waals surface area contributed by atoms with E-state index >= 15 is 0 Å². The molecule has 2 aromatic carbocycles. The van der Waals surface area contributed by atoms with Crippen molar-refractivity contribution >= 4 is 27.3 Å². The molecule has 0 aliphatic heterocycles. The molecule has 0 atom stereocenters. The first kappa shape index (κ1) is 13.6. The van der Waals surface area contributed by atoms with Crippen LogP contribution in [0.3, 0.4) is 0 Å². The Morgan fingerprint density at radius 3 is 2.47 bits per heavy atom. The van der Waals surface area contributed by atoms with Crippen LogP contribution in [0.1, 0.15) is 30.9 Å². The van der Waals surface area contributed by atoms with Gasteiger partial charge in [-0.2, -0.15) is 5.26 Å². The summed E-state index contributed by atoms with van der Waals surface area (Å²) >= 11 is 3.40. The molecule has 0 amide bonds. The third-order valence-corrected chi connectivity index (χ3v) is 3.59. The highest BCUT2D eigenvalue weighted by atomic mass is 79.9. The van der Waals surface area contributed by atoms with Gasteiger partial charge in [-0.3, -0.25) is 0 Å². The minimum Gasteiger partial charge on any atom is -0.355 e. The third-order valence-electron chi connectivity index (χ3n) is 2.93. The Morgan fingerprint density at radius 2 is 1.84 bits per heavy atom. The highest BCUT2D eigenvalue weighted by Crippen LogP contribution is 2.25. The van der Waals surface area contributed by atoms with Crippen LogP contribution in [0.4, 0.5) is 11.4 Å². The van der Waals surface area contributed by atoms with Gasteiger partial charge in [0, 0.05) is 15.8 Å². The highest BCUT2D eigenvalue weighted by Gasteiger charge is 2.03. The van der Waals surface area contributed by atoms with Crippen molar-refractivity contribution in [3.63, 3.8) is 0 Å². The molecule has 0 saturated heterocycles. The second kappa shape index (κ2) is 5.90. The minimum absolute atomic E-state index is 0.509. The molecule has 2 aromatic rings. The molecule has 0 aromatic heterocycles.